The number of nitrogens with zero attached hydrogens (tertiary/aromatic N) is 1. The maximum absolute atomic E-state index is 10.5. The van der Waals surface area contributed by atoms with Crippen LogP contribution in [0.4, 0.5) is 0 Å². The number of hydrogen-bond donors (Lipinski definition) is 2. The lowest BCUT2D eigenvalue weighted by molar-refractivity contribution is 0.0565. The van der Waals surface area contributed by atoms with Gasteiger partial charge in [0, 0.05) is 22.8 Å². The summed E-state index contributed by atoms with van der Waals surface area (Å²) in [5, 5.41) is 19.7. The summed E-state index contributed by atoms with van der Waals surface area (Å²) >= 11 is 3.33. The molecule has 18 heavy (non-hydrogen) atoms. The van der Waals surface area contributed by atoms with Gasteiger partial charge in [-0.25, -0.2) is 0 Å². The van der Waals surface area contributed by atoms with E-state index < -0.39 is 5.60 Å². The largest absolute Gasteiger partial charge is 0.508 e. The van der Waals surface area contributed by atoms with Gasteiger partial charge in [-0.2, -0.15) is 0 Å². The summed E-state index contributed by atoms with van der Waals surface area (Å²) < 4.78 is 0.913. The third kappa shape index (κ3) is 3.09. The molecule has 0 saturated heterocycles. The molecule has 1 aromatic carbocycles. The molecule has 2 aromatic rings. The smallest absolute Gasteiger partial charge is 0.115 e. The first-order valence-corrected chi connectivity index (χ1v) is 6.39. The molecule has 1 unspecified atom stereocenters. The van der Waals surface area contributed by atoms with Gasteiger partial charge in [-0.1, -0.05) is 12.1 Å². The molecule has 2 N–H and O–H groups in total. The molecule has 1 atom stereocenters. The van der Waals surface area contributed by atoms with Crippen LogP contribution < -0.4 is 0 Å². The van der Waals surface area contributed by atoms with Gasteiger partial charge < -0.3 is 10.2 Å². The number of phenolic OH excluding ortho intramolecular Hbond substituents is 1. The van der Waals surface area contributed by atoms with Crippen LogP contribution in [0, 0.1) is 0 Å². The fourth-order valence-corrected chi connectivity index (χ4v) is 2.02. The van der Waals surface area contributed by atoms with Crippen LogP contribution in [0.5, 0.6) is 5.75 Å². The Morgan fingerprint density at radius 1 is 1.17 bits per heavy atom. The van der Waals surface area contributed by atoms with Crippen molar-refractivity contribution >= 4 is 15.9 Å². The number of aliphatic hydroxyl groups is 1. The Hall–Kier alpha value is -1.39. The molecular formula is C14H14BrNO2. The second-order valence-corrected chi connectivity index (χ2v) is 5.38. The topological polar surface area (TPSA) is 53.4 Å². The number of aromatic nitrogens is 1. The molecule has 0 aliphatic heterocycles. The average molecular weight is 308 g/mol. The van der Waals surface area contributed by atoms with Crippen LogP contribution >= 0.6 is 15.9 Å². The highest BCUT2D eigenvalue weighted by molar-refractivity contribution is 9.10. The summed E-state index contributed by atoms with van der Waals surface area (Å²) in [5.41, 5.74) is 0.565. The van der Waals surface area contributed by atoms with Gasteiger partial charge in [0.1, 0.15) is 5.75 Å². The molecule has 4 heteroatoms. The lowest BCUT2D eigenvalue weighted by Gasteiger charge is -2.23. The maximum atomic E-state index is 10.5. The molecule has 1 aromatic heterocycles. The Morgan fingerprint density at radius 2 is 1.83 bits per heavy atom. The second-order valence-electron chi connectivity index (χ2n) is 4.47. The van der Waals surface area contributed by atoms with Crippen LogP contribution in [0.3, 0.4) is 0 Å². The van der Waals surface area contributed by atoms with E-state index in [1.165, 1.54) is 0 Å². The van der Waals surface area contributed by atoms with Gasteiger partial charge in [-0.15, -0.1) is 0 Å². The van der Waals surface area contributed by atoms with E-state index in [0.29, 0.717) is 6.42 Å². The molecule has 0 radical (unpaired) electrons. The van der Waals surface area contributed by atoms with Crippen molar-refractivity contribution in [3.8, 4) is 5.75 Å². The monoisotopic (exact) mass is 307 g/mol. The predicted octanol–water partition coefficient (Wildman–Crippen LogP) is 3.00. The molecule has 1 heterocycles. The molecule has 2 rings (SSSR count). The van der Waals surface area contributed by atoms with E-state index in [1.54, 1.807) is 37.4 Å². The van der Waals surface area contributed by atoms with Crippen LogP contribution in [0.1, 0.15) is 18.2 Å². The molecule has 0 bridgehead atoms. The molecule has 3 nitrogen and oxygen atoms in total. The summed E-state index contributed by atoms with van der Waals surface area (Å²) in [6, 6.07) is 10.3. The average Bonchev–Trinajstić information content (AvgIpc) is 2.32. The molecule has 0 aliphatic rings. The minimum atomic E-state index is -1.01. The maximum Gasteiger partial charge on any atom is 0.115 e. The van der Waals surface area contributed by atoms with Gasteiger partial charge in [0.25, 0.3) is 0 Å². The normalized spacial score (nSPS) is 14.2. The molecule has 0 saturated carbocycles. The number of aromatic hydroxyl groups is 1. The second kappa shape index (κ2) is 5.08. The van der Waals surface area contributed by atoms with Gasteiger partial charge in [-0.05, 0) is 52.7 Å². The van der Waals surface area contributed by atoms with Crippen LogP contribution in [0.25, 0.3) is 0 Å². The first-order chi connectivity index (χ1) is 8.47. The van der Waals surface area contributed by atoms with E-state index in [-0.39, 0.29) is 5.75 Å². The minimum absolute atomic E-state index is 0.191. The van der Waals surface area contributed by atoms with Gasteiger partial charge in [0.15, 0.2) is 0 Å². The summed E-state index contributed by atoms with van der Waals surface area (Å²) in [5.74, 6) is 0.191. The van der Waals surface area contributed by atoms with Crippen molar-refractivity contribution in [2.24, 2.45) is 0 Å². The lowest BCUT2D eigenvalue weighted by atomic mass is 9.91. The minimum Gasteiger partial charge on any atom is -0.508 e. The van der Waals surface area contributed by atoms with Gasteiger partial charge >= 0.3 is 0 Å². The number of rotatable bonds is 3. The van der Waals surface area contributed by atoms with E-state index in [2.05, 4.69) is 20.9 Å². The zero-order chi connectivity index (χ0) is 13.2. The molecule has 94 valence electrons. The number of phenols is 1. The Balaban J connectivity index is 2.20. The van der Waals surface area contributed by atoms with Crippen LogP contribution in [-0.4, -0.2) is 15.2 Å². The van der Waals surface area contributed by atoms with Crippen molar-refractivity contribution in [2.75, 3.05) is 0 Å². The quantitative estimate of drug-likeness (QED) is 0.916. The number of halogens is 1. The van der Waals surface area contributed by atoms with Crippen molar-refractivity contribution in [3.05, 3.63) is 58.3 Å². The lowest BCUT2D eigenvalue weighted by Crippen LogP contribution is -2.24. The van der Waals surface area contributed by atoms with Crippen LogP contribution in [0.15, 0.2) is 47.1 Å². The van der Waals surface area contributed by atoms with E-state index >= 15 is 0 Å². The zero-order valence-electron chi connectivity index (χ0n) is 9.97. The summed E-state index contributed by atoms with van der Waals surface area (Å²) in [6.45, 7) is 1.74. The summed E-state index contributed by atoms with van der Waals surface area (Å²) in [7, 11) is 0. The molecule has 0 fully saturated rings. The van der Waals surface area contributed by atoms with Gasteiger partial charge in [0.05, 0.1) is 5.60 Å². The fourth-order valence-electron chi connectivity index (χ4n) is 1.79. The number of benzene rings is 1. The summed E-state index contributed by atoms with van der Waals surface area (Å²) in [4.78, 5) is 4.25. The highest BCUT2D eigenvalue weighted by Crippen LogP contribution is 2.26. The number of pyridine rings is 1. The molecule has 0 spiro atoms. The van der Waals surface area contributed by atoms with Crippen molar-refractivity contribution in [3.63, 3.8) is 0 Å². The Labute approximate surface area is 114 Å². The van der Waals surface area contributed by atoms with E-state index in [4.69, 9.17) is 0 Å². The molecule has 0 amide bonds. The highest BCUT2D eigenvalue weighted by atomic mass is 79.9. The molecular weight excluding hydrogens is 294 g/mol. The number of hydrogen-bond acceptors (Lipinski definition) is 3. The van der Waals surface area contributed by atoms with Gasteiger partial charge in [-0.3, -0.25) is 4.98 Å². The third-order valence-electron chi connectivity index (χ3n) is 2.80. The Kier molecular flexibility index (Phi) is 3.68. The third-order valence-corrected chi connectivity index (χ3v) is 3.27. The first kappa shape index (κ1) is 13.1. The highest BCUT2D eigenvalue weighted by Gasteiger charge is 2.24. The first-order valence-electron chi connectivity index (χ1n) is 5.60. The van der Waals surface area contributed by atoms with Crippen molar-refractivity contribution in [1.29, 1.82) is 0 Å². The van der Waals surface area contributed by atoms with Crippen LogP contribution in [-0.2, 0) is 12.0 Å². The van der Waals surface area contributed by atoms with Crippen molar-refractivity contribution in [2.45, 2.75) is 18.9 Å². The fraction of sp³-hybridized carbons (Fsp3) is 0.214. The summed E-state index contributed by atoms with van der Waals surface area (Å²) in [6.07, 6.45) is 2.13. The van der Waals surface area contributed by atoms with E-state index in [1.807, 2.05) is 12.1 Å². The Bertz CT molecular complexity index is 520. The Morgan fingerprint density at radius 3 is 2.39 bits per heavy atom. The van der Waals surface area contributed by atoms with Crippen molar-refractivity contribution < 1.29 is 10.2 Å². The standard InChI is InChI=1S/C14H14BrNO2/c1-14(18,10-2-6-13(17)7-3-10)8-12-5-4-11(15)9-16-12/h2-7,9,17-18H,8H2,1H3. The van der Waals surface area contributed by atoms with E-state index in [9.17, 15) is 10.2 Å². The molecule has 0 aliphatic carbocycles. The van der Waals surface area contributed by atoms with Gasteiger partial charge in [0.2, 0.25) is 0 Å². The predicted molar refractivity (Wildman–Crippen MR) is 73.3 cm³/mol. The SMILES string of the molecule is CC(O)(Cc1ccc(Br)cn1)c1ccc(O)cc1. The van der Waals surface area contributed by atoms with Crippen molar-refractivity contribution in [1.82, 2.24) is 4.98 Å². The zero-order valence-corrected chi connectivity index (χ0v) is 11.6. The van der Waals surface area contributed by atoms with Crippen LogP contribution in [0.2, 0.25) is 0 Å². The van der Waals surface area contributed by atoms with E-state index in [0.717, 1.165) is 15.7 Å².